The van der Waals surface area contributed by atoms with Crippen molar-refractivity contribution in [2.45, 2.75) is 12.2 Å². The highest BCUT2D eigenvalue weighted by atomic mass is 16.5. The number of benzene rings is 1. The van der Waals surface area contributed by atoms with Gasteiger partial charge >= 0.3 is 11.9 Å². The summed E-state index contributed by atoms with van der Waals surface area (Å²) in [6.07, 6.45) is -1.47. The van der Waals surface area contributed by atoms with Crippen molar-refractivity contribution in [1.29, 1.82) is 0 Å². The van der Waals surface area contributed by atoms with E-state index in [1.165, 1.54) is 7.11 Å². The molecule has 2 N–H and O–H groups in total. The molecule has 0 aliphatic carbocycles. The summed E-state index contributed by atoms with van der Waals surface area (Å²) in [6, 6.07) is 5.23. The zero-order valence-electron chi connectivity index (χ0n) is 10.1. The summed E-state index contributed by atoms with van der Waals surface area (Å²) in [4.78, 5) is 22.6. The monoisotopic (exact) mass is 264 g/mol. The number of ether oxygens (including phenoxy) is 2. The molecule has 6 heteroatoms. The summed E-state index contributed by atoms with van der Waals surface area (Å²) in [5, 5.41) is 18.5. The molecule has 2 aliphatic heterocycles. The summed E-state index contributed by atoms with van der Waals surface area (Å²) < 4.78 is 10.8. The summed E-state index contributed by atoms with van der Waals surface area (Å²) in [5.41, 5.74) is 1.38. The Kier molecular flexibility index (Phi) is 2.50. The van der Waals surface area contributed by atoms with Crippen LogP contribution in [0.4, 0.5) is 0 Å². The Balaban J connectivity index is 2.15. The van der Waals surface area contributed by atoms with E-state index in [9.17, 15) is 19.8 Å². The standard InChI is InChI=1S/C13H12O6/c1-18-6-4-2-3-5-7(6)11-9(13(16)17)8(12(14)15)10(5)19-11/h2-4,8-11H,1H3,(H,14,15)(H,16,17). The lowest BCUT2D eigenvalue weighted by Crippen LogP contribution is -2.34. The van der Waals surface area contributed by atoms with E-state index in [1.807, 2.05) is 0 Å². The largest absolute Gasteiger partial charge is 0.496 e. The van der Waals surface area contributed by atoms with Crippen LogP contribution in [0.2, 0.25) is 0 Å². The molecule has 2 aliphatic rings. The fourth-order valence-corrected chi connectivity index (χ4v) is 3.08. The maximum Gasteiger partial charge on any atom is 0.310 e. The van der Waals surface area contributed by atoms with Gasteiger partial charge in [0.05, 0.1) is 13.2 Å². The fourth-order valence-electron chi connectivity index (χ4n) is 3.08. The van der Waals surface area contributed by atoms with Gasteiger partial charge in [-0.15, -0.1) is 0 Å². The van der Waals surface area contributed by atoms with E-state index >= 15 is 0 Å². The van der Waals surface area contributed by atoms with Crippen molar-refractivity contribution in [3.8, 4) is 5.75 Å². The minimum atomic E-state index is -1.16. The summed E-state index contributed by atoms with van der Waals surface area (Å²) in [6.45, 7) is 0. The molecule has 0 amide bonds. The van der Waals surface area contributed by atoms with Gasteiger partial charge in [-0.25, -0.2) is 0 Å². The van der Waals surface area contributed by atoms with Crippen LogP contribution in [0.15, 0.2) is 18.2 Å². The smallest absolute Gasteiger partial charge is 0.310 e. The fraction of sp³-hybridized carbons (Fsp3) is 0.385. The average Bonchev–Trinajstić information content (AvgIpc) is 2.93. The van der Waals surface area contributed by atoms with Crippen LogP contribution in [0.1, 0.15) is 23.3 Å². The Morgan fingerprint density at radius 1 is 1.16 bits per heavy atom. The van der Waals surface area contributed by atoms with Crippen molar-refractivity contribution in [2.75, 3.05) is 7.11 Å². The van der Waals surface area contributed by atoms with Crippen LogP contribution in [-0.4, -0.2) is 29.3 Å². The number of carboxylic acids is 2. The van der Waals surface area contributed by atoms with Crippen LogP contribution >= 0.6 is 0 Å². The van der Waals surface area contributed by atoms with Crippen molar-refractivity contribution < 1.29 is 29.3 Å². The molecule has 4 unspecified atom stereocenters. The second-order valence-corrected chi connectivity index (χ2v) is 4.67. The van der Waals surface area contributed by atoms with E-state index in [0.29, 0.717) is 16.9 Å². The lowest BCUT2D eigenvalue weighted by Gasteiger charge is -2.24. The highest BCUT2D eigenvalue weighted by Gasteiger charge is 2.59. The average molecular weight is 264 g/mol. The van der Waals surface area contributed by atoms with E-state index in [-0.39, 0.29) is 0 Å². The second-order valence-electron chi connectivity index (χ2n) is 4.67. The molecule has 1 fully saturated rings. The van der Waals surface area contributed by atoms with Gasteiger partial charge in [0.15, 0.2) is 0 Å². The van der Waals surface area contributed by atoms with Gasteiger partial charge in [0, 0.05) is 5.56 Å². The van der Waals surface area contributed by atoms with E-state index in [0.717, 1.165) is 0 Å². The molecule has 0 aromatic heterocycles. The third-order valence-corrected chi connectivity index (χ3v) is 3.81. The van der Waals surface area contributed by atoms with E-state index in [1.54, 1.807) is 18.2 Å². The predicted molar refractivity (Wildman–Crippen MR) is 61.8 cm³/mol. The van der Waals surface area contributed by atoms with Crippen LogP contribution in [0, 0.1) is 11.8 Å². The minimum Gasteiger partial charge on any atom is -0.496 e. The molecule has 1 aromatic carbocycles. The van der Waals surface area contributed by atoms with E-state index in [2.05, 4.69) is 0 Å². The maximum absolute atomic E-state index is 11.3. The number of carbonyl (C=O) groups is 2. The molecular formula is C13H12O6. The molecule has 100 valence electrons. The molecule has 2 bridgehead atoms. The predicted octanol–water partition coefficient (Wildman–Crippen LogP) is 1.22. The van der Waals surface area contributed by atoms with Gasteiger partial charge in [0.2, 0.25) is 0 Å². The lowest BCUT2D eigenvalue weighted by molar-refractivity contribution is -0.153. The third kappa shape index (κ3) is 1.46. The SMILES string of the molecule is COc1cccc2c1C1OC2C(C(=O)O)C1C(=O)O. The van der Waals surface area contributed by atoms with Crippen LogP contribution in [0.5, 0.6) is 5.75 Å². The molecule has 0 radical (unpaired) electrons. The topological polar surface area (TPSA) is 93.1 Å². The first-order valence-electron chi connectivity index (χ1n) is 5.84. The van der Waals surface area contributed by atoms with Gasteiger partial charge in [0.25, 0.3) is 0 Å². The first-order chi connectivity index (χ1) is 9.06. The minimum absolute atomic E-state index is 0.542. The zero-order chi connectivity index (χ0) is 13.7. The summed E-state index contributed by atoms with van der Waals surface area (Å²) >= 11 is 0. The van der Waals surface area contributed by atoms with Gasteiger partial charge in [0.1, 0.15) is 23.7 Å². The van der Waals surface area contributed by atoms with Crippen LogP contribution in [-0.2, 0) is 14.3 Å². The number of aliphatic carboxylic acids is 2. The molecule has 0 saturated carbocycles. The van der Waals surface area contributed by atoms with Crippen molar-refractivity contribution >= 4 is 11.9 Å². The Morgan fingerprint density at radius 2 is 1.79 bits per heavy atom. The summed E-state index contributed by atoms with van der Waals surface area (Å²) in [5.74, 6) is -3.89. The number of hydrogen-bond donors (Lipinski definition) is 2. The number of rotatable bonds is 3. The molecule has 6 nitrogen and oxygen atoms in total. The van der Waals surface area contributed by atoms with Gasteiger partial charge in [-0.3, -0.25) is 9.59 Å². The number of fused-ring (bicyclic) bond motifs is 5. The Hall–Kier alpha value is -2.08. The van der Waals surface area contributed by atoms with Crippen molar-refractivity contribution in [3.63, 3.8) is 0 Å². The van der Waals surface area contributed by atoms with Crippen LogP contribution in [0.25, 0.3) is 0 Å². The van der Waals surface area contributed by atoms with Crippen molar-refractivity contribution in [3.05, 3.63) is 29.3 Å². The van der Waals surface area contributed by atoms with Gasteiger partial charge in [-0.1, -0.05) is 12.1 Å². The van der Waals surface area contributed by atoms with Crippen LogP contribution in [0.3, 0.4) is 0 Å². The highest BCUT2D eigenvalue weighted by molar-refractivity contribution is 5.83. The van der Waals surface area contributed by atoms with Gasteiger partial charge < -0.3 is 19.7 Å². The van der Waals surface area contributed by atoms with Crippen LogP contribution < -0.4 is 4.74 Å². The molecule has 3 rings (SSSR count). The van der Waals surface area contributed by atoms with E-state index in [4.69, 9.17) is 9.47 Å². The lowest BCUT2D eigenvalue weighted by atomic mass is 9.75. The maximum atomic E-state index is 11.3. The first kappa shape index (κ1) is 12.0. The molecule has 1 saturated heterocycles. The highest BCUT2D eigenvalue weighted by Crippen LogP contribution is 2.59. The first-order valence-corrected chi connectivity index (χ1v) is 5.84. The second kappa shape index (κ2) is 3.96. The van der Waals surface area contributed by atoms with Gasteiger partial charge in [-0.2, -0.15) is 0 Å². The number of methoxy groups -OCH3 is 1. The molecular weight excluding hydrogens is 252 g/mol. The zero-order valence-corrected chi connectivity index (χ0v) is 10.1. The van der Waals surface area contributed by atoms with E-state index < -0.39 is 36.0 Å². The molecule has 4 atom stereocenters. The third-order valence-electron chi connectivity index (χ3n) is 3.81. The van der Waals surface area contributed by atoms with Crippen molar-refractivity contribution in [2.24, 2.45) is 11.8 Å². The normalized spacial score (nSPS) is 31.0. The number of hydrogen-bond acceptors (Lipinski definition) is 4. The molecule has 0 spiro atoms. The van der Waals surface area contributed by atoms with Crippen molar-refractivity contribution in [1.82, 2.24) is 0 Å². The Bertz CT molecular complexity index is 566. The summed E-state index contributed by atoms with van der Waals surface area (Å²) in [7, 11) is 1.49. The Morgan fingerprint density at radius 3 is 2.37 bits per heavy atom. The quantitative estimate of drug-likeness (QED) is 0.852. The molecule has 19 heavy (non-hydrogen) atoms. The molecule has 2 heterocycles. The number of carboxylic acid groups (broad SMARTS) is 2. The Labute approximate surface area is 108 Å². The molecule has 1 aromatic rings. The van der Waals surface area contributed by atoms with Gasteiger partial charge in [-0.05, 0) is 11.6 Å².